The van der Waals surface area contributed by atoms with Crippen molar-refractivity contribution in [3.05, 3.63) is 70.4 Å². The van der Waals surface area contributed by atoms with Gasteiger partial charge in [0.15, 0.2) is 0 Å². The van der Waals surface area contributed by atoms with Gasteiger partial charge in [-0.15, -0.1) is 11.8 Å². The van der Waals surface area contributed by atoms with Crippen LogP contribution in [-0.2, 0) is 15.0 Å². The Labute approximate surface area is 248 Å². The second-order valence-corrected chi connectivity index (χ2v) is 13.6. The zero-order valence-corrected chi connectivity index (χ0v) is 26.2. The number of nitrogens with zero attached hydrogens (tertiary/aromatic N) is 4. The van der Waals surface area contributed by atoms with Crippen molar-refractivity contribution >= 4 is 29.4 Å². The van der Waals surface area contributed by atoms with Gasteiger partial charge in [-0.05, 0) is 50.3 Å². The highest BCUT2D eigenvalue weighted by atomic mass is 32.2. The molecular formula is C33H42N4O3S. The first-order valence-corrected chi connectivity index (χ1v) is 15.6. The lowest BCUT2D eigenvalue weighted by Gasteiger charge is -2.32. The minimum Gasteiger partial charge on any atom is -0.496 e. The topological polar surface area (TPSA) is 67.7 Å². The summed E-state index contributed by atoms with van der Waals surface area (Å²) in [5, 5.41) is 5.06. The van der Waals surface area contributed by atoms with Crippen molar-refractivity contribution in [3.63, 3.8) is 0 Å². The summed E-state index contributed by atoms with van der Waals surface area (Å²) < 4.78 is 7.73. The molecule has 1 atom stereocenters. The Morgan fingerprint density at radius 1 is 1.10 bits per heavy atom. The molecule has 0 saturated carbocycles. The van der Waals surface area contributed by atoms with Crippen LogP contribution in [0.1, 0.15) is 73.7 Å². The normalized spacial score (nSPS) is 18.3. The van der Waals surface area contributed by atoms with Crippen molar-refractivity contribution in [2.75, 3.05) is 37.4 Å². The highest BCUT2D eigenvalue weighted by Crippen LogP contribution is 2.50. The summed E-state index contributed by atoms with van der Waals surface area (Å²) in [6.45, 7) is 14.3. The number of piperidine rings is 1. The molecule has 0 spiro atoms. The van der Waals surface area contributed by atoms with Crippen LogP contribution in [0.25, 0.3) is 5.69 Å². The molecule has 2 aliphatic heterocycles. The number of para-hydroxylation sites is 1. The Balaban J connectivity index is 1.74. The minimum atomic E-state index is -0.319. The molecule has 5 rings (SSSR count). The van der Waals surface area contributed by atoms with E-state index in [-0.39, 0.29) is 34.8 Å². The van der Waals surface area contributed by atoms with Gasteiger partial charge in [-0.25, -0.2) is 4.68 Å². The van der Waals surface area contributed by atoms with Crippen LogP contribution in [0.2, 0.25) is 0 Å². The first kappa shape index (κ1) is 29.2. The molecule has 3 aromatic rings. The van der Waals surface area contributed by atoms with E-state index in [1.54, 1.807) is 23.8 Å². The smallest absolute Gasteiger partial charge is 0.242 e. The van der Waals surface area contributed by atoms with Crippen LogP contribution in [0.3, 0.4) is 0 Å². The molecule has 0 aliphatic carbocycles. The van der Waals surface area contributed by atoms with Gasteiger partial charge >= 0.3 is 0 Å². The monoisotopic (exact) mass is 574 g/mol. The molecule has 0 N–H and O–H groups in total. The van der Waals surface area contributed by atoms with E-state index in [9.17, 15) is 9.59 Å². The van der Waals surface area contributed by atoms with Crippen molar-refractivity contribution in [2.45, 2.75) is 65.0 Å². The number of rotatable bonds is 5. The lowest BCUT2D eigenvalue weighted by molar-refractivity contribution is -0.132. The Morgan fingerprint density at radius 2 is 1.80 bits per heavy atom. The molecule has 2 amide bonds. The number of thioether (sulfide) groups is 1. The number of benzene rings is 2. The summed E-state index contributed by atoms with van der Waals surface area (Å²) in [6, 6.07) is 14.3. The van der Waals surface area contributed by atoms with Crippen LogP contribution in [0.4, 0.5) is 5.82 Å². The van der Waals surface area contributed by atoms with Crippen molar-refractivity contribution < 1.29 is 14.3 Å². The van der Waals surface area contributed by atoms with Gasteiger partial charge in [-0.1, -0.05) is 63.6 Å². The number of carbonyl (C=O) groups excluding carboxylic acids is 2. The highest BCUT2D eigenvalue weighted by Gasteiger charge is 2.41. The van der Waals surface area contributed by atoms with Gasteiger partial charge in [0.2, 0.25) is 11.8 Å². The van der Waals surface area contributed by atoms with Gasteiger partial charge in [-0.3, -0.25) is 14.5 Å². The Morgan fingerprint density at radius 3 is 2.46 bits per heavy atom. The summed E-state index contributed by atoms with van der Waals surface area (Å²) in [6.07, 6.45) is 1.98. The first-order chi connectivity index (χ1) is 19.5. The van der Waals surface area contributed by atoms with Gasteiger partial charge in [0.1, 0.15) is 18.1 Å². The van der Waals surface area contributed by atoms with Crippen LogP contribution in [0, 0.1) is 19.8 Å². The molecule has 8 heteroatoms. The summed E-state index contributed by atoms with van der Waals surface area (Å²) in [4.78, 5) is 31.4. The van der Waals surface area contributed by atoms with E-state index in [1.807, 2.05) is 27.8 Å². The molecule has 1 fully saturated rings. The van der Waals surface area contributed by atoms with E-state index in [2.05, 4.69) is 65.8 Å². The third kappa shape index (κ3) is 5.76. The van der Waals surface area contributed by atoms with E-state index in [1.165, 1.54) is 0 Å². The first-order valence-electron chi connectivity index (χ1n) is 14.5. The lowest BCUT2D eigenvalue weighted by Crippen LogP contribution is -2.46. The summed E-state index contributed by atoms with van der Waals surface area (Å²) in [5.41, 5.74) is 5.69. The number of anilines is 1. The Kier molecular flexibility index (Phi) is 8.24. The maximum atomic E-state index is 14.0. The summed E-state index contributed by atoms with van der Waals surface area (Å²) in [5.74, 6) is 2.23. The predicted octanol–water partition coefficient (Wildman–Crippen LogP) is 6.22. The average Bonchev–Trinajstić information content (AvgIpc) is 3.26. The molecule has 1 unspecified atom stereocenters. The van der Waals surface area contributed by atoms with E-state index in [0.29, 0.717) is 11.7 Å². The van der Waals surface area contributed by atoms with E-state index in [0.717, 1.165) is 65.3 Å². The van der Waals surface area contributed by atoms with Crippen LogP contribution < -0.4 is 9.64 Å². The van der Waals surface area contributed by atoms with Crippen molar-refractivity contribution in [3.8, 4) is 11.4 Å². The maximum absolute atomic E-state index is 14.0. The number of amides is 2. The largest absolute Gasteiger partial charge is 0.496 e. The zero-order valence-electron chi connectivity index (χ0n) is 25.4. The number of aryl methyl sites for hydroxylation is 2. The van der Waals surface area contributed by atoms with Gasteiger partial charge in [-0.2, -0.15) is 5.10 Å². The molecule has 0 radical (unpaired) electrons. The molecule has 0 bridgehead atoms. The fourth-order valence-corrected chi connectivity index (χ4v) is 7.13. The van der Waals surface area contributed by atoms with Crippen molar-refractivity contribution in [1.82, 2.24) is 14.7 Å². The Hall–Kier alpha value is -3.26. The van der Waals surface area contributed by atoms with Crippen LogP contribution in [-0.4, -0.2) is 59.0 Å². The minimum absolute atomic E-state index is 0.000393. The fourth-order valence-electron chi connectivity index (χ4n) is 5.91. The standard InChI is InChI=1S/C33H42N4O3S/c1-21-14-16-35(17-15-21)27(38)19-36-28(39)20-41-30(24-10-8-9-11-26(24)40-7)29-31(33(4,5)6)34-37(32(29)36)25-13-12-22(2)18-23(25)3/h8-13,18,21,30H,14-17,19-20H2,1-7H3. The van der Waals surface area contributed by atoms with Crippen molar-refractivity contribution in [2.24, 2.45) is 5.92 Å². The molecule has 3 heterocycles. The lowest BCUT2D eigenvalue weighted by atomic mass is 9.87. The van der Waals surface area contributed by atoms with Crippen LogP contribution >= 0.6 is 11.8 Å². The highest BCUT2D eigenvalue weighted by molar-refractivity contribution is 8.00. The average molecular weight is 575 g/mol. The SMILES string of the molecule is COc1ccccc1C1SCC(=O)N(CC(=O)N2CCC(C)CC2)c2c1c(C(C)(C)C)nn2-c1ccc(C)cc1C. The maximum Gasteiger partial charge on any atom is 0.242 e. The molecule has 218 valence electrons. The predicted molar refractivity (Wildman–Crippen MR) is 166 cm³/mol. The van der Waals surface area contributed by atoms with Crippen LogP contribution in [0.5, 0.6) is 5.75 Å². The summed E-state index contributed by atoms with van der Waals surface area (Å²) in [7, 11) is 1.68. The number of methoxy groups -OCH3 is 1. The second kappa shape index (κ2) is 11.6. The third-order valence-corrected chi connectivity index (χ3v) is 9.47. The van der Waals surface area contributed by atoms with Crippen molar-refractivity contribution in [1.29, 1.82) is 0 Å². The van der Waals surface area contributed by atoms with Gasteiger partial charge in [0.25, 0.3) is 0 Å². The molecule has 41 heavy (non-hydrogen) atoms. The van der Waals surface area contributed by atoms with Gasteiger partial charge in [0, 0.05) is 29.6 Å². The van der Waals surface area contributed by atoms with E-state index < -0.39 is 0 Å². The number of hydrogen-bond donors (Lipinski definition) is 0. The van der Waals surface area contributed by atoms with E-state index >= 15 is 0 Å². The summed E-state index contributed by atoms with van der Waals surface area (Å²) >= 11 is 1.58. The van der Waals surface area contributed by atoms with Crippen LogP contribution in [0.15, 0.2) is 42.5 Å². The number of ether oxygens (including phenoxy) is 1. The molecule has 2 aromatic carbocycles. The molecule has 1 aromatic heterocycles. The number of fused-ring (bicyclic) bond motifs is 1. The zero-order chi connectivity index (χ0) is 29.5. The number of carbonyl (C=O) groups is 2. The molecule has 7 nitrogen and oxygen atoms in total. The molecule has 1 saturated heterocycles. The second-order valence-electron chi connectivity index (χ2n) is 12.5. The quantitative estimate of drug-likeness (QED) is 0.362. The van der Waals surface area contributed by atoms with Gasteiger partial charge in [0.05, 0.1) is 29.5 Å². The third-order valence-electron chi connectivity index (χ3n) is 8.23. The van der Waals surface area contributed by atoms with Gasteiger partial charge < -0.3 is 9.64 Å². The molecular weight excluding hydrogens is 532 g/mol. The van der Waals surface area contributed by atoms with E-state index in [4.69, 9.17) is 9.84 Å². The number of aromatic nitrogens is 2. The Bertz CT molecular complexity index is 1450. The number of likely N-dealkylation sites (tertiary alicyclic amines) is 1. The fraction of sp³-hybridized carbons (Fsp3) is 0.485. The molecule has 2 aliphatic rings. The number of hydrogen-bond acceptors (Lipinski definition) is 5.